The zero-order valence-corrected chi connectivity index (χ0v) is 12.6. The Morgan fingerprint density at radius 2 is 1.95 bits per heavy atom. The van der Waals surface area contributed by atoms with Gasteiger partial charge in [0, 0.05) is 24.6 Å². The van der Waals surface area contributed by atoms with Gasteiger partial charge in [0.15, 0.2) is 0 Å². The molecule has 0 spiro atoms. The monoisotopic (exact) mass is 334 g/mol. The van der Waals surface area contributed by atoms with E-state index < -0.39 is 11.5 Å². The number of aliphatic hydroxyl groups is 1. The zero-order chi connectivity index (χ0) is 16.2. The molecule has 1 fully saturated rings. The third kappa shape index (κ3) is 4.81. The van der Waals surface area contributed by atoms with E-state index in [0.717, 1.165) is 0 Å². The molecule has 0 saturated carbocycles. The molecule has 8 heteroatoms. The summed E-state index contributed by atoms with van der Waals surface area (Å²) in [6, 6.07) is 5.44. The molecular formula is C14H17F3N2O2S. The maximum absolute atomic E-state index is 12.5. The van der Waals surface area contributed by atoms with E-state index in [-0.39, 0.29) is 34.9 Å². The first-order chi connectivity index (χ1) is 10.4. The number of amides is 2. The SMILES string of the molecule is O=C(Nc1ccccc1SC(F)(F)F)N1CCC(CO)CC1. The van der Waals surface area contributed by atoms with E-state index in [1.807, 2.05) is 0 Å². The van der Waals surface area contributed by atoms with Crippen molar-refractivity contribution < 1.29 is 23.1 Å². The maximum Gasteiger partial charge on any atom is 0.446 e. The second-order valence-electron chi connectivity index (χ2n) is 5.09. The van der Waals surface area contributed by atoms with Crippen LogP contribution in [0.5, 0.6) is 0 Å². The molecule has 122 valence electrons. The van der Waals surface area contributed by atoms with Crippen LogP contribution < -0.4 is 5.32 Å². The number of benzene rings is 1. The van der Waals surface area contributed by atoms with E-state index in [0.29, 0.717) is 25.9 Å². The van der Waals surface area contributed by atoms with Crippen molar-refractivity contribution in [2.45, 2.75) is 23.2 Å². The Morgan fingerprint density at radius 3 is 2.55 bits per heavy atom. The lowest BCUT2D eigenvalue weighted by atomic mass is 9.98. The van der Waals surface area contributed by atoms with E-state index in [1.165, 1.54) is 18.2 Å². The summed E-state index contributed by atoms with van der Waals surface area (Å²) in [4.78, 5) is 13.7. The fourth-order valence-corrected chi connectivity index (χ4v) is 2.92. The van der Waals surface area contributed by atoms with Gasteiger partial charge in [-0.3, -0.25) is 0 Å². The van der Waals surface area contributed by atoms with Gasteiger partial charge in [0.25, 0.3) is 0 Å². The van der Waals surface area contributed by atoms with Gasteiger partial charge in [0.05, 0.1) is 5.69 Å². The van der Waals surface area contributed by atoms with Crippen LogP contribution in [0.15, 0.2) is 29.2 Å². The van der Waals surface area contributed by atoms with Crippen LogP contribution in [-0.2, 0) is 0 Å². The Balaban J connectivity index is 2.00. The number of alkyl halides is 3. The molecule has 2 amide bonds. The summed E-state index contributed by atoms with van der Waals surface area (Å²) in [5.74, 6) is 0.192. The highest BCUT2D eigenvalue weighted by Crippen LogP contribution is 2.40. The van der Waals surface area contributed by atoms with Crippen molar-refractivity contribution in [1.29, 1.82) is 0 Å². The van der Waals surface area contributed by atoms with Crippen LogP contribution in [0.25, 0.3) is 0 Å². The van der Waals surface area contributed by atoms with E-state index >= 15 is 0 Å². The smallest absolute Gasteiger partial charge is 0.396 e. The molecule has 1 aliphatic rings. The van der Waals surface area contributed by atoms with Gasteiger partial charge in [-0.2, -0.15) is 13.2 Å². The van der Waals surface area contributed by atoms with Gasteiger partial charge in [-0.05, 0) is 42.7 Å². The number of hydrogen-bond acceptors (Lipinski definition) is 3. The summed E-state index contributed by atoms with van der Waals surface area (Å²) < 4.78 is 37.5. The van der Waals surface area contributed by atoms with E-state index in [9.17, 15) is 18.0 Å². The van der Waals surface area contributed by atoms with Crippen molar-refractivity contribution in [2.24, 2.45) is 5.92 Å². The summed E-state index contributed by atoms with van der Waals surface area (Å²) in [6.45, 7) is 1.08. The number of halogens is 3. The number of likely N-dealkylation sites (tertiary alicyclic amines) is 1. The topological polar surface area (TPSA) is 52.6 Å². The second-order valence-corrected chi connectivity index (χ2v) is 6.19. The summed E-state index contributed by atoms with van der Waals surface area (Å²) in [6.07, 6.45) is 1.39. The standard InChI is InChI=1S/C14H17F3N2O2S/c15-14(16,17)22-12-4-2-1-3-11(12)18-13(21)19-7-5-10(9-20)6-8-19/h1-4,10,20H,5-9H2,(H,18,21). The largest absolute Gasteiger partial charge is 0.446 e. The van der Waals surface area contributed by atoms with Crippen LogP contribution in [0.3, 0.4) is 0 Å². The first-order valence-corrected chi connectivity index (χ1v) is 7.72. The fourth-order valence-electron chi connectivity index (χ4n) is 2.30. The number of rotatable bonds is 3. The number of nitrogens with one attached hydrogen (secondary N) is 1. The van der Waals surface area contributed by atoms with Crippen molar-refractivity contribution in [2.75, 3.05) is 25.0 Å². The van der Waals surface area contributed by atoms with E-state index in [2.05, 4.69) is 5.32 Å². The molecule has 0 unspecified atom stereocenters. The summed E-state index contributed by atoms with van der Waals surface area (Å²) in [7, 11) is 0. The zero-order valence-electron chi connectivity index (χ0n) is 11.8. The third-order valence-electron chi connectivity index (χ3n) is 3.51. The Kier molecular flexibility index (Phi) is 5.57. The molecule has 1 heterocycles. The second kappa shape index (κ2) is 7.23. The molecule has 0 atom stereocenters. The molecule has 22 heavy (non-hydrogen) atoms. The molecule has 0 aliphatic carbocycles. The van der Waals surface area contributed by atoms with Crippen LogP contribution >= 0.6 is 11.8 Å². The summed E-state index contributed by atoms with van der Waals surface area (Å²) in [5, 5.41) is 11.6. The van der Waals surface area contributed by atoms with Gasteiger partial charge in [-0.25, -0.2) is 4.79 Å². The van der Waals surface area contributed by atoms with Crippen molar-refractivity contribution in [1.82, 2.24) is 4.90 Å². The molecule has 2 rings (SSSR count). The van der Waals surface area contributed by atoms with Crippen LogP contribution in [0.2, 0.25) is 0 Å². The number of anilines is 1. The predicted molar refractivity (Wildman–Crippen MR) is 78.8 cm³/mol. The average molecular weight is 334 g/mol. The number of hydrogen-bond donors (Lipinski definition) is 2. The average Bonchev–Trinajstić information content (AvgIpc) is 2.48. The van der Waals surface area contributed by atoms with Gasteiger partial charge in [-0.1, -0.05) is 12.1 Å². The molecule has 4 nitrogen and oxygen atoms in total. The Hall–Kier alpha value is -1.41. The Bertz CT molecular complexity index is 517. The minimum atomic E-state index is -4.40. The highest BCUT2D eigenvalue weighted by Gasteiger charge is 2.31. The molecule has 1 aromatic carbocycles. The highest BCUT2D eigenvalue weighted by atomic mass is 32.2. The quantitative estimate of drug-likeness (QED) is 0.832. The molecule has 0 bridgehead atoms. The number of carbonyl (C=O) groups excluding carboxylic acids is 1. The Morgan fingerprint density at radius 1 is 1.32 bits per heavy atom. The number of aliphatic hydroxyl groups excluding tert-OH is 1. The van der Waals surface area contributed by atoms with Crippen LogP contribution in [0.1, 0.15) is 12.8 Å². The van der Waals surface area contributed by atoms with Crippen LogP contribution in [-0.4, -0.2) is 41.2 Å². The van der Waals surface area contributed by atoms with E-state index in [1.54, 1.807) is 11.0 Å². The maximum atomic E-state index is 12.5. The van der Waals surface area contributed by atoms with Crippen molar-refractivity contribution in [3.8, 4) is 0 Å². The van der Waals surface area contributed by atoms with Crippen molar-refractivity contribution in [3.63, 3.8) is 0 Å². The molecule has 0 aromatic heterocycles. The molecule has 1 saturated heterocycles. The number of urea groups is 1. The predicted octanol–water partition coefficient (Wildman–Crippen LogP) is 3.53. The first kappa shape index (κ1) is 17.0. The normalized spacial score (nSPS) is 16.6. The van der Waals surface area contributed by atoms with Crippen LogP contribution in [0, 0.1) is 5.92 Å². The van der Waals surface area contributed by atoms with Gasteiger partial charge < -0.3 is 15.3 Å². The van der Waals surface area contributed by atoms with Crippen molar-refractivity contribution >= 4 is 23.5 Å². The third-order valence-corrected chi connectivity index (χ3v) is 4.32. The minimum absolute atomic E-state index is 0.0337. The lowest BCUT2D eigenvalue weighted by Crippen LogP contribution is -2.41. The molecule has 0 radical (unpaired) electrons. The molecule has 2 N–H and O–H groups in total. The molecule has 1 aliphatic heterocycles. The number of thioether (sulfide) groups is 1. The summed E-state index contributed by atoms with van der Waals surface area (Å²) in [5.41, 5.74) is -4.25. The minimum Gasteiger partial charge on any atom is -0.396 e. The number of piperidine rings is 1. The first-order valence-electron chi connectivity index (χ1n) is 6.90. The van der Waals surface area contributed by atoms with Crippen LogP contribution in [0.4, 0.5) is 23.7 Å². The summed E-state index contributed by atoms with van der Waals surface area (Å²) >= 11 is -0.246. The fraction of sp³-hybridized carbons (Fsp3) is 0.500. The molecular weight excluding hydrogens is 317 g/mol. The molecule has 1 aromatic rings. The lowest BCUT2D eigenvalue weighted by Gasteiger charge is -2.31. The van der Waals surface area contributed by atoms with Gasteiger partial charge in [0.1, 0.15) is 0 Å². The lowest BCUT2D eigenvalue weighted by molar-refractivity contribution is -0.0328. The van der Waals surface area contributed by atoms with Gasteiger partial charge in [-0.15, -0.1) is 0 Å². The van der Waals surface area contributed by atoms with Gasteiger partial charge in [0.2, 0.25) is 0 Å². The van der Waals surface area contributed by atoms with Crippen molar-refractivity contribution in [3.05, 3.63) is 24.3 Å². The highest BCUT2D eigenvalue weighted by molar-refractivity contribution is 8.00. The van der Waals surface area contributed by atoms with Gasteiger partial charge >= 0.3 is 11.5 Å². The number of para-hydroxylation sites is 1. The number of carbonyl (C=O) groups is 1. The Labute approximate surface area is 130 Å². The van der Waals surface area contributed by atoms with E-state index in [4.69, 9.17) is 5.11 Å². The number of nitrogens with zero attached hydrogens (tertiary/aromatic N) is 1.